The van der Waals surface area contributed by atoms with Crippen LogP contribution in [-0.2, 0) is 29.3 Å². The molecule has 0 unspecified atom stereocenters. The SMILES string of the molecule is CCOC(=O)C1=C(N)OC2=C(C(=O)CCC2)[C@@]12C(=O)N1c3c(ccc(C)c32)C(C)=CC1(C)C. The first-order valence-electron chi connectivity index (χ1n) is 11.4. The quantitative estimate of drug-likeness (QED) is 0.695. The van der Waals surface area contributed by atoms with Gasteiger partial charge in [0, 0.05) is 24.0 Å². The molecule has 2 N–H and O–H groups in total. The largest absolute Gasteiger partial charge is 0.462 e. The Labute approximate surface area is 192 Å². The Morgan fingerprint density at radius 1 is 1.21 bits per heavy atom. The van der Waals surface area contributed by atoms with Crippen molar-refractivity contribution in [3.63, 3.8) is 0 Å². The third kappa shape index (κ3) is 2.53. The highest BCUT2D eigenvalue weighted by Gasteiger charge is 2.66. The summed E-state index contributed by atoms with van der Waals surface area (Å²) < 4.78 is 11.2. The third-order valence-corrected chi connectivity index (χ3v) is 7.15. The van der Waals surface area contributed by atoms with Gasteiger partial charge in [-0.25, -0.2) is 4.79 Å². The number of anilines is 1. The fraction of sp³-hybridized carbons (Fsp3) is 0.423. The van der Waals surface area contributed by atoms with Gasteiger partial charge in [0.15, 0.2) is 5.78 Å². The average molecular weight is 449 g/mol. The number of amides is 1. The van der Waals surface area contributed by atoms with Gasteiger partial charge < -0.3 is 20.1 Å². The smallest absolute Gasteiger partial charge is 0.341 e. The normalized spacial score (nSPS) is 25.1. The second-order valence-electron chi connectivity index (χ2n) is 9.66. The number of fused-ring (bicyclic) bond motifs is 2. The Balaban J connectivity index is 1.97. The van der Waals surface area contributed by atoms with Gasteiger partial charge in [0.2, 0.25) is 11.8 Å². The van der Waals surface area contributed by atoms with Crippen molar-refractivity contribution in [1.29, 1.82) is 0 Å². The monoisotopic (exact) mass is 448 g/mol. The minimum Gasteiger partial charge on any atom is -0.462 e. The fourth-order valence-corrected chi connectivity index (χ4v) is 6.06. The van der Waals surface area contributed by atoms with E-state index < -0.39 is 16.9 Å². The number of nitrogens with two attached hydrogens (primary N) is 1. The van der Waals surface area contributed by atoms with Crippen LogP contribution in [0, 0.1) is 6.92 Å². The minimum absolute atomic E-state index is 0.0947. The lowest BCUT2D eigenvalue weighted by Gasteiger charge is -2.41. The molecule has 1 amide bonds. The second kappa shape index (κ2) is 6.83. The first-order valence-corrected chi connectivity index (χ1v) is 11.4. The summed E-state index contributed by atoms with van der Waals surface area (Å²) in [5, 5.41) is 0. The van der Waals surface area contributed by atoms with Crippen molar-refractivity contribution in [2.24, 2.45) is 5.73 Å². The van der Waals surface area contributed by atoms with Crippen LogP contribution >= 0.6 is 0 Å². The van der Waals surface area contributed by atoms with Gasteiger partial charge in [0.05, 0.1) is 23.4 Å². The van der Waals surface area contributed by atoms with Crippen LogP contribution in [-0.4, -0.2) is 29.8 Å². The van der Waals surface area contributed by atoms with E-state index in [9.17, 15) is 14.4 Å². The maximum atomic E-state index is 14.7. The Hall–Kier alpha value is -3.35. The molecule has 33 heavy (non-hydrogen) atoms. The van der Waals surface area contributed by atoms with Crippen molar-refractivity contribution >= 4 is 28.9 Å². The number of carbonyl (C=O) groups is 3. The van der Waals surface area contributed by atoms with E-state index in [2.05, 4.69) is 0 Å². The highest BCUT2D eigenvalue weighted by atomic mass is 16.5. The van der Waals surface area contributed by atoms with E-state index in [1.807, 2.05) is 45.9 Å². The molecule has 0 bridgehead atoms. The highest BCUT2D eigenvalue weighted by Crippen LogP contribution is 2.61. The molecule has 0 saturated heterocycles. The average Bonchev–Trinajstić information content (AvgIpc) is 2.98. The molecule has 7 nitrogen and oxygen atoms in total. The van der Waals surface area contributed by atoms with Gasteiger partial charge in [0.25, 0.3) is 0 Å². The van der Waals surface area contributed by atoms with Gasteiger partial charge in [-0.15, -0.1) is 0 Å². The number of carbonyl (C=O) groups excluding carboxylic acids is 3. The molecule has 3 aliphatic heterocycles. The number of aryl methyl sites for hydroxylation is 1. The molecule has 1 aromatic carbocycles. The van der Waals surface area contributed by atoms with Gasteiger partial charge in [-0.05, 0) is 52.2 Å². The first kappa shape index (κ1) is 21.5. The lowest BCUT2D eigenvalue weighted by molar-refractivity contribution is -0.141. The van der Waals surface area contributed by atoms with Gasteiger partial charge in [-0.3, -0.25) is 9.59 Å². The Morgan fingerprint density at radius 2 is 1.94 bits per heavy atom. The lowest BCUT2D eigenvalue weighted by Crippen LogP contribution is -2.55. The molecule has 3 heterocycles. The van der Waals surface area contributed by atoms with Gasteiger partial charge in [0.1, 0.15) is 16.7 Å². The summed E-state index contributed by atoms with van der Waals surface area (Å²) in [7, 11) is 0. The van der Waals surface area contributed by atoms with E-state index in [1.165, 1.54) is 0 Å². The molecule has 7 heteroatoms. The summed E-state index contributed by atoms with van der Waals surface area (Å²) in [6.07, 6.45) is 3.40. The Bertz CT molecular complexity index is 1250. The van der Waals surface area contributed by atoms with Crippen LogP contribution in [0.4, 0.5) is 5.69 Å². The summed E-state index contributed by atoms with van der Waals surface area (Å²) in [4.78, 5) is 43.2. The van der Waals surface area contributed by atoms with Crippen LogP contribution in [0.5, 0.6) is 0 Å². The Morgan fingerprint density at radius 3 is 2.64 bits per heavy atom. The summed E-state index contributed by atoms with van der Waals surface area (Å²) in [6.45, 7) is 9.61. The highest BCUT2D eigenvalue weighted by molar-refractivity contribution is 6.25. The van der Waals surface area contributed by atoms with Crippen molar-refractivity contribution in [1.82, 2.24) is 0 Å². The van der Waals surface area contributed by atoms with E-state index in [4.69, 9.17) is 15.2 Å². The van der Waals surface area contributed by atoms with Crippen LogP contribution in [0.3, 0.4) is 0 Å². The molecule has 1 atom stereocenters. The zero-order valence-electron chi connectivity index (χ0n) is 19.6. The van der Waals surface area contributed by atoms with Crippen LogP contribution < -0.4 is 10.6 Å². The number of rotatable bonds is 2. The van der Waals surface area contributed by atoms with Crippen molar-refractivity contribution in [3.05, 3.63) is 57.7 Å². The van der Waals surface area contributed by atoms with E-state index in [1.54, 1.807) is 11.8 Å². The first-order chi connectivity index (χ1) is 15.6. The molecule has 0 saturated carbocycles. The van der Waals surface area contributed by atoms with Crippen LogP contribution in [0.15, 0.2) is 41.0 Å². The number of ether oxygens (including phenoxy) is 2. The van der Waals surface area contributed by atoms with Crippen molar-refractivity contribution < 1.29 is 23.9 Å². The molecule has 1 aromatic rings. The number of nitrogens with zero attached hydrogens (tertiary/aromatic N) is 1. The van der Waals surface area contributed by atoms with E-state index >= 15 is 0 Å². The molecule has 0 aromatic heterocycles. The van der Waals surface area contributed by atoms with E-state index in [0.29, 0.717) is 24.2 Å². The van der Waals surface area contributed by atoms with Gasteiger partial charge >= 0.3 is 5.97 Å². The molecule has 4 aliphatic rings. The number of hydrogen-bond acceptors (Lipinski definition) is 6. The summed E-state index contributed by atoms with van der Waals surface area (Å²) >= 11 is 0. The zero-order valence-corrected chi connectivity index (χ0v) is 19.6. The van der Waals surface area contributed by atoms with Crippen LogP contribution in [0.1, 0.15) is 63.6 Å². The maximum Gasteiger partial charge on any atom is 0.341 e. The molecular formula is C26H28N2O5. The molecule has 1 aliphatic carbocycles. The van der Waals surface area contributed by atoms with Gasteiger partial charge in [-0.1, -0.05) is 18.2 Å². The summed E-state index contributed by atoms with van der Waals surface area (Å²) in [5.74, 6) is -1.09. The number of hydrogen-bond donors (Lipinski definition) is 1. The number of esters is 1. The number of ketones is 1. The molecule has 0 radical (unpaired) electrons. The minimum atomic E-state index is -1.69. The summed E-state index contributed by atoms with van der Waals surface area (Å²) in [6, 6.07) is 3.92. The molecule has 1 spiro atoms. The van der Waals surface area contributed by atoms with Crippen molar-refractivity contribution in [2.75, 3.05) is 11.5 Å². The Kier molecular flexibility index (Phi) is 4.45. The topological polar surface area (TPSA) is 98.9 Å². The van der Waals surface area contributed by atoms with Gasteiger partial charge in [-0.2, -0.15) is 0 Å². The third-order valence-electron chi connectivity index (χ3n) is 7.15. The molecule has 172 valence electrons. The van der Waals surface area contributed by atoms with Crippen LogP contribution in [0.25, 0.3) is 5.57 Å². The molecule has 5 rings (SSSR count). The van der Waals surface area contributed by atoms with E-state index in [0.717, 1.165) is 22.4 Å². The molecular weight excluding hydrogens is 420 g/mol. The standard InChI is InChI=1S/C26H28N2O5/c1-6-32-23(30)20-22(27)33-17-9-7-8-16(29)19(17)26(20)18-13(2)10-11-15-14(3)12-25(4,5)28(21(15)18)24(26)31/h10-12H,6-9,27H2,1-5H3/t26-/m1/s1. The maximum absolute atomic E-state index is 14.7. The van der Waals surface area contributed by atoms with Crippen molar-refractivity contribution in [2.45, 2.75) is 64.8 Å². The number of benzene rings is 1. The van der Waals surface area contributed by atoms with Crippen LogP contribution in [0.2, 0.25) is 0 Å². The zero-order chi connectivity index (χ0) is 23.9. The second-order valence-corrected chi connectivity index (χ2v) is 9.66. The number of allylic oxidation sites excluding steroid dienone is 2. The predicted molar refractivity (Wildman–Crippen MR) is 123 cm³/mol. The predicted octanol–water partition coefficient (Wildman–Crippen LogP) is 3.55. The fourth-order valence-electron chi connectivity index (χ4n) is 6.06. The molecule has 0 fully saturated rings. The lowest BCUT2D eigenvalue weighted by atomic mass is 9.63. The number of Topliss-reactive ketones (excluding diaryl/α,β-unsaturated/α-hetero) is 1. The van der Waals surface area contributed by atoms with Crippen molar-refractivity contribution in [3.8, 4) is 0 Å². The summed E-state index contributed by atoms with van der Waals surface area (Å²) in [5.41, 5.74) is 8.21. The van der Waals surface area contributed by atoms with E-state index in [-0.39, 0.29) is 41.7 Å².